The predicted molar refractivity (Wildman–Crippen MR) is 141 cm³/mol. The summed E-state index contributed by atoms with van der Waals surface area (Å²) in [6.45, 7) is 16.0. The van der Waals surface area contributed by atoms with Crippen LogP contribution in [0.2, 0.25) is 0 Å². The summed E-state index contributed by atoms with van der Waals surface area (Å²) < 4.78 is 4.55. The number of amides is 1. The molecule has 10 heteroatoms. The van der Waals surface area contributed by atoms with Gasteiger partial charge in [-0.2, -0.15) is 0 Å². The molecule has 0 saturated carbocycles. The number of nitrogen functional groups attached to an aromatic ring is 1. The number of rotatable bonds is 9. The van der Waals surface area contributed by atoms with Gasteiger partial charge in [0.15, 0.2) is 0 Å². The van der Waals surface area contributed by atoms with Crippen LogP contribution in [-0.4, -0.2) is 86.9 Å². The Kier molecular flexibility index (Phi) is 69.9. The Hall–Kier alpha value is -2.27. The number of anilines is 2. The van der Waals surface area contributed by atoms with E-state index in [-0.39, 0.29) is 6.41 Å². The molecule has 0 aromatic carbocycles. The fourth-order valence-corrected chi connectivity index (χ4v) is 1.23. The van der Waals surface area contributed by atoms with Crippen molar-refractivity contribution in [3.8, 4) is 0 Å². The number of likely N-dealkylation sites (N-methyl/N-ethyl adjacent to an activating group) is 1. The second-order valence-electron chi connectivity index (χ2n) is 5.10. The first-order valence-electron chi connectivity index (χ1n) is 11.2. The van der Waals surface area contributed by atoms with Crippen LogP contribution < -0.4 is 16.8 Å². The van der Waals surface area contributed by atoms with E-state index in [9.17, 15) is 4.79 Å². The Morgan fingerprint density at radius 1 is 1.15 bits per heavy atom. The molecule has 0 radical (unpaired) electrons. The molecule has 0 spiro atoms. The van der Waals surface area contributed by atoms with Gasteiger partial charge in [-0.3, -0.25) is 4.79 Å². The molecule has 1 aromatic rings. The van der Waals surface area contributed by atoms with Gasteiger partial charge in [0.1, 0.15) is 12.1 Å². The summed E-state index contributed by atoms with van der Waals surface area (Å²) >= 11 is 0. The van der Waals surface area contributed by atoms with Crippen LogP contribution >= 0.6 is 0 Å². The van der Waals surface area contributed by atoms with Gasteiger partial charge in [0.05, 0.1) is 18.5 Å². The summed E-state index contributed by atoms with van der Waals surface area (Å²) in [7, 11) is 4.67. The van der Waals surface area contributed by atoms with Gasteiger partial charge in [0.2, 0.25) is 6.41 Å². The first-order valence-corrected chi connectivity index (χ1v) is 11.2. The largest absolute Gasteiger partial charge is 0.400 e. The Morgan fingerprint density at radius 2 is 1.64 bits per heavy atom. The third kappa shape index (κ3) is 58.7. The molecule has 33 heavy (non-hydrogen) atoms. The third-order valence-electron chi connectivity index (χ3n) is 2.81. The second-order valence-corrected chi connectivity index (χ2v) is 5.10. The van der Waals surface area contributed by atoms with Crippen molar-refractivity contribution in [2.75, 3.05) is 65.2 Å². The molecule has 1 heterocycles. The third-order valence-corrected chi connectivity index (χ3v) is 2.81. The Labute approximate surface area is 202 Å². The number of primary amides is 1. The Balaban J connectivity index is -0.0000000803. The van der Waals surface area contributed by atoms with Crippen LogP contribution in [0.1, 0.15) is 54.4 Å². The number of ether oxygens (including phenoxy) is 1. The lowest BCUT2D eigenvalue weighted by Gasteiger charge is -2.14. The number of hydrogen-bond acceptors (Lipinski definition) is 9. The molecule has 0 fully saturated rings. The van der Waals surface area contributed by atoms with Gasteiger partial charge in [-0.1, -0.05) is 41.5 Å². The molecule has 7 N–H and O–H groups in total. The lowest BCUT2D eigenvalue weighted by molar-refractivity contribution is -0.108. The molecule has 0 bridgehead atoms. The molecule has 1 rings (SSSR count). The summed E-state index contributed by atoms with van der Waals surface area (Å²) in [5.41, 5.74) is 10.7. The van der Waals surface area contributed by atoms with Crippen molar-refractivity contribution >= 4 is 24.2 Å². The summed E-state index contributed by atoms with van der Waals surface area (Å²) in [6.07, 6.45) is 4.22. The van der Waals surface area contributed by atoms with Crippen molar-refractivity contribution in [2.24, 2.45) is 5.73 Å². The normalized spacial score (nSPS) is 7.76. The summed E-state index contributed by atoms with van der Waals surface area (Å²) in [5, 5.41) is 18.2. The maximum atomic E-state index is 9.48. The molecular weight excluding hydrogens is 426 g/mol. The zero-order chi connectivity index (χ0) is 27.3. The van der Waals surface area contributed by atoms with Crippen LogP contribution in [0.4, 0.5) is 11.5 Å². The number of nitrogens with two attached hydrogens (primary N) is 2. The highest BCUT2D eigenvalue weighted by molar-refractivity contribution is 5.49. The van der Waals surface area contributed by atoms with E-state index in [4.69, 9.17) is 20.7 Å². The lowest BCUT2D eigenvalue weighted by atomic mass is 10.4. The van der Waals surface area contributed by atoms with Crippen molar-refractivity contribution in [1.82, 2.24) is 9.88 Å². The number of aliphatic hydroxyl groups is 2. The second kappa shape index (κ2) is 52.0. The molecule has 0 aliphatic heterocycles. The maximum Gasteiger partial charge on any atom is 0.204 e. The molecule has 0 aliphatic rings. The average Bonchev–Trinajstić information content (AvgIpc) is 2.88. The van der Waals surface area contributed by atoms with Crippen LogP contribution in [0, 0.1) is 0 Å². The lowest BCUT2D eigenvalue weighted by Crippen LogP contribution is -2.24. The van der Waals surface area contributed by atoms with Gasteiger partial charge in [-0.05, 0) is 32.1 Å². The minimum Gasteiger partial charge on any atom is -0.400 e. The quantitative estimate of drug-likeness (QED) is 0.264. The zero-order valence-corrected chi connectivity index (χ0v) is 22.5. The smallest absolute Gasteiger partial charge is 0.204 e. The molecule has 0 unspecified atom stereocenters. The average molecular weight is 480 g/mol. The van der Waals surface area contributed by atoms with Crippen LogP contribution in [-0.2, 0) is 14.3 Å². The van der Waals surface area contributed by atoms with E-state index in [2.05, 4.69) is 39.6 Å². The van der Waals surface area contributed by atoms with Crippen molar-refractivity contribution in [2.45, 2.75) is 54.4 Å². The van der Waals surface area contributed by atoms with Gasteiger partial charge in [-0.25, -0.2) is 4.98 Å². The fourth-order valence-electron chi connectivity index (χ4n) is 1.23. The van der Waals surface area contributed by atoms with Crippen molar-refractivity contribution in [3.05, 3.63) is 18.3 Å². The minimum absolute atomic E-state index is 0.250. The van der Waals surface area contributed by atoms with E-state index >= 15 is 0 Å². The van der Waals surface area contributed by atoms with Gasteiger partial charge in [-0.15, -0.1) is 0 Å². The predicted octanol–water partition coefficient (Wildman–Crippen LogP) is 2.40. The highest BCUT2D eigenvalue weighted by Crippen LogP contribution is 2.05. The van der Waals surface area contributed by atoms with Crippen molar-refractivity contribution in [1.29, 1.82) is 0 Å². The molecule has 0 aliphatic carbocycles. The summed E-state index contributed by atoms with van der Waals surface area (Å²) in [5.74, 6) is 0.557. The Bertz CT molecular complexity index is 422. The number of carbonyl (C=O) groups excluding carboxylic acids is 2. The highest BCUT2D eigenvalue weighted by Gasteiger charge is 1.95. The van der Waals surface area contributed by atoms with Gasteiger partial charge in [0.25, 0.3) is 0 Å². The zero-order valence-electron chi connectivity index (χ0n) is 22.5. The standard InChI is InChI=1S/C10H18N4.C4H8O2.C3H8O.2C2H6.CH3NO.CH4O/c1-3-14(2)7-6-12-9-4-5-10(11)13-8-9;1-6-4-2-3-5;1-2-3-4;2*1-2;2-1-3;1-2/h4-5,8,12H,3,6-7H2,1-2H3,(H2,11,13);3H,2,4H2,1H3;4H,2-3H2,1H3;2*1-2H3;1H,(H2,2,3);2H,1H3. The van der Waals surface area contributed by atoms with Gasteiger partial charge >= 0.3 is 0 Å². The monoisotopic (exact) mass is 479 g/mol. The molecule has 1 aromatic heterocycles. The first-order chi connectivity index (χ1) is 16.0. The SMILES string of the molecule is CC.CC.CCCO.CCN(C)CCNc1ccc(N)nc1.CO.COCCC=O.NC=O. The van der Waals surface area contributed by atoms with Gasteiger partial charge in [0, 0.05) is 40.3 Å². The molecule has 1 amide bonds. The topological polar surface area (TPSA) is 164 Å². The molecule has 10 nitrogen and oxygen atoms in total. The van der Waals surface area contributed by atoms with Crippen LogP contribution in [0.15, 0.2) is 18.3 Å². The number of aldehydes is 1. The fraction of sp³-hybridized carbons (Fsp3) is 0.696. The summed E-state index contributed by atoms with van der Waals surface area (Å²) in [6, 6.07) is 3.74. The number of nitrogens with one attached hydrogen (secondary N) is 1. The van der Waals surface area contributed by atoms with E-state index in [1.165, 1.54) is 0 Å². The number of methoxy groups -OCH3 is 1. The molecular formula is C23H53N5O5. The Morgan fingerprint density at radius 3 is 1.91 bits per heavy atom. The van der Waals surface area contributed by atoms with E-state index in [1.807, 2.05) is 40.7 Å². The molecule has 0 atom stereocenters. The number of nitrogens with zero attached hydrogens (tertiary/aromatic N) is 2. The highest BCUT2D eigenvalue weighted by atomic mass is 16.5. The van der Waals surface area contributed by atoms with Crippen LogP contribution in [0.3, 0.4) is 0 Å². The van der Waals surface area contributed by atoms with E-state index in [0.717, 1.165) is 45.1 Å². The van der Waals surface area contributed by atoms with Crippen molar-refractivity contribution < 1.29 is 24.5 Å². The van der Waals surface area contributed by atoms with Gasteiger partial charge < -0.3 is 41.4 Å². The van der Waals surface area contributed by atoms with E-state index in [0.29, 0.717) is 25.5 Å². The van der Waals surface area contributed by atoms with Crippen LogP contribution in [0.5, 0.6) is 0 Å². The first kappa shape index (κ1) is 44.4. The number of pyridine rings is 1. The van der Waals surface area contributed by atoms with Crippen LogP contribution in [0.25, 0.3) is 0 Å². The maximum absolute atomic E-state index is 9.48. The van der Waals surface area contributed by atoms with E-state index < -0.39 is 0 Å². The minimum atomic E-state index is 0.250. The summed E-state index contributed by atoms with van der Waals surface area (Å²) in [4.78, 5) is 24.3. The molecule has 200 valence electrons. The number of aliphatic hydroxyl groups excluding tert-OH is 2. The number of carbonyl (C=O) groups is 2. The van der Waals surface area contributed by atoms with E-state index in [1.54, 1.807) is 19.4 Å². The number of aromatic nitrogens is 1. The molecule has 0 saturated heterocycles. The van der Waals surface area contributed by atoms with Crippen molar-refractivity contribution in [3.63, 3.8) is 0 Å². The number of hydrogen-bond donors (Lipinski definition) is 5.